The summed E-state index contributed by atoms with van der Waals surface area (Å²) in [5.41, 5.74) is 5.52. The number of nitrogens with one attached hydrogen (secondary N) is 1. The Bertz CT molecular complexity index is 690. The van der Waals surface area contributed by atoms with Gasteiger partial charge >= 0.3 is 0 Å². The maximum absolute atomic E-state index is 12.4. The van der Waals surface area contributed by atoms with E-state index < -0.39 is 0 Å². The lowest BCUT2D eigenvalue weighted by Gasteiger charge is -2.18. The van der Waals surface area contributed by atoms with Crippen LogP contribution in [0.5, 0.6) is 5.75 Å². The number of carbonyl (C=O) groups excluding carboxylic acids is 1. The number of ether oxygens (including phenoxy) is 1. The fourth-order valence-corrected chi connectivity index (χ4v) is 2.68. The minimum Gasteiger partial charge on any atom is -0.494 e. The van der Waals surface area contributed by atoms with Crippen LogP contribution in [0.2, 0.25) is 0 Å². The van der Waals surface area contributed by atoms with Crippen molar-refractivity contribution in [2.24, 2.45) is 0 Å². The molecule has 0 heterocycles. The molecule has 2 aromatic rings. The largest absolute Gasteiger partial charge is 0.494 e. The molecule has 0 aliphatic rings. The second-order valence-corrected chi connectivity index (χ2v) is 5.95. The molecule has 0 unspecified atom stereocenters. The molecule has 0 bridgehead atoms. The van der Waals surface area contributed by atoms with E-state index in [1.54, 1.807) is 12.1 Å². The molecule has 23 heavy (non-hydrogen) atoms. The Kier molecular flexibility index (Phi) is 5.43. The third-order valence-corrected chi connectivity index (χ3v) is 4.12. The van der Waals surface area contributed by atoms with E-state index in [4.69, 9.17) is 4.74 Å². The lowest BCUT2D eigenvalue weighted by atomic mass is 9.96. The van der Waals surface area contributed by atoms with Gasteiger partial charge in [0.05, 0.1) is 12.6 Å². The van der Waals surface area contributed by atoms with Crippen molar-refractivity contribution in [1.82, 2.24) is 5.32 Å². The lowest BCUT2D eigenvalue weighted by Crippen LogP contribution is -2.27. The van der Waals surface area contributed by atoms with Gasteiger partial charge in [-0.2, -0.15) is 0 Å². The summed E-state index contributed by atoms with van der Waals surface area (Å²) in [6, 6.07) is 11.5. The van der Waals surface area contributed by atoms with Crippen LogP contribution >= 0.6 is 0 Å². The maximum Gasteiger partial charge on any atom is 0.251 e. The van der Waals surface area contributed by atoms with Crippen molar-refractivity contribution in [3.8, 4) is 5.75 Å². The van der Waals surface area contributed by atoms with Crippen LogP contribution in [-0.4, -0.2) is 12.5 Å². The molecular formula is C20H25NO2. The zero-order valence-electron chi connectivity index (χ0n) is 14.6. The molecule has 0 aromatic heterocycles. The molecule has 0 fully saturated rings. The van der Waals surface area contributed by atoms with Crippen LogP contribution in [0.15, 0.2) is 36.4 Å². The van der Waals surface area contributed by atoms with Crippen molar-refractivity contribution in [2.45, 2.75) is 40.7 Å². The monoisotopic (exact) mass is 311 g/mol. The molecule has 0 saturated carbocycles. The summed E-state index contributed by atoms with van der Waals surface area (Å²) in [6.45, 7) is 10.9. The average molecular weight is 311 g/mol. The summed E-state index contributed by atoms with van der Waals surface area (Å²) < 4.78 is 5.40. The Morgan fingerprint density at radius 3 is 2.26 bits per heavy atom. The Hall–Kier alpha value is -2.29. The highest BCUT2D eigenvalue weighted by molar-refractivity contribution is 5.94. The van der Waals surface area contributed by atoms with Gasteiger partial charge in [-0.15, -0.1) is 0 Å². The summed E-state index contributed by atoms with van der Waals surface area (Å²) in [4.78, 5) is 12.4. The van der Waals surface area contributed by atoms with Crippen LogP contribution in [0.25, 0.3) is 0 Å². The standard InChI is InChI=1S/C20H25NO2/c1-6-23-18-9-7-17(8-10-18)20(22)21-16(5)19-12-14(3)13(2)11-15(19)4/h7-12,16H,6H2,1-5H3,(H,21,22)/t16-/m1/s1. The first-order chi connectivity index (χ1) is 10.9. The molecule has 2 aromatic carbocycles. The van der Waals surface area contributed by atoms with Gasteiger partial charge in [0.2, 0.25) is 0 Å². The number of rotatable bonds is 5. The Morgan fingerprint density at radius 2 is 1.65 bits per heavy atom. The van der Waals surface area contributed by atoms with Gasteiger partial charge in [-0.25, -0.2) is 0 Å². The van der Waals surface area contributed by atoms with E-state index in [2.05, 4.69) is 38.2 Å². The Labute approximate surface area is 138 Å². The fraction of sp³-hybridized carbons (Fsp3) is 0.350. The topological polar surface area (TPSA) is 38.3 Å². The van der Waals surface area contributed by atoms with E-state index in [1.165, 1.54) is 16.7 Å². The van der Waals surface area contributed by atoms with Gasteiger partial charge in [0.15, 0.2) is 0 Å². The first-order valence-electron chi connectivity index (χ1n) is 8.03. The van der Waals surface area contributed by atoms with E-state index in [1.807, 2.05) is 26.0 Å². The highest BCUT2D eigenvalue weighted by Crippen LogP contribution is 2.22. The summed E-state index contributed by atoms with van der Waals surface area (Å²) in [5.74, 6) is 0.709. The van der Waals surface area contributed by atoms with Crippen molar-refractivity contribution in [3.05, 3.63) is 64.2 Å². The van der Waals surface area contributed by atoms with Crippen LogP contribution < -0.4 is 10.1 Å². The zero-order valence-corrected chi connectivity index (χ0v) is 14.6. The molecule has 122 valence electrons. The quantitative estimate of drug-likeness (QED) is 0.883. The van der Waals surface area contributed by atoms with Gasteiger partial charge in [-0.3, -0.25) is 4.79 Å². The number of amides is 1. The lowest BCUT2D eigenvalue weighted by molar-refractivity contribution is 0.0940. The number of hydrogen-bond donors (Lipinski definition) is 1. The molecular weight excluding hydrogens is 286 g/mol. The average Bonchev–Trinajstić information content (AvgIpc) is 2.51. The van der Waals surface area contributed by atoms with Gasteiger partial charge < -0.3 is 10.1 Å². The third kappa shape index (κ3) is 4.13. The van der Waals surface area contributed by atoms with Gasteiger partial charge in [-0.05, 0) is 81.1 Å². The van der Waals surface area contributed by atoms with Crippen molar-refractivity contribution >= 4 is 5.91 Å². The highest BCUT2D eigenvalue weighted by Gasteiger charge is 2.14. The molecule has 1 N–H and O–H groups in total. The van der Waals surface area contributed by atoms with E-state index in [0.29, 0.717) is 12.2 Å². The van der Waals surface area contributed by atoms with Gasteiger partial charge in [-0.1, -0.05) is 12.1 Å². The minimum atomic E-state index is -0.0711. The summed E-state index contributed by atoms with van der Waals surface area (Å²) >= 11 is 0. The first-order valence-corrected chi connectivity index (χ1v) is 8.03. The van der Waals surface area contributed by atoms with Crippen LogP contribution in [0.4, 0.5) is 0 Å². The summed E-state index contributed by atoms with van der Waals surface area (Å²) in [7, 11) is 0. The maximum atomic E-state index is 12.4. The van der Waals surface area contributed by atoms with E-state index in [-0.39, 0.29) is 11.9 Å². The zero-order chi connectivity index (χ0) is 17.0. The fourth-order valence-electron chi connectivity index (χ4n) is 2.68. The third-order valence-electron chi connectivity index (χ3n) is 4.12. The second-order valence-electron chi connectivity index (χ2n) is 5.95. The first kappa shape index (κ1) is 17.1. The number of hydrogen-bond acceptors (Lipinski definition) is 2. The van der Waals surface area contributed by atoms with Gasteiger partial charge in [0.25, 0.3) is 5.91 Å². The van der Waals surface area contributed by atoms with E-state index >= 15 is 0 Å². The molecule has 1 amide bonds. The highest BCUT2D eigenvalue weighted by atomic mass is 16.5. The van der Waals surface area contributed by atoms with Crippen LogP contribution in [-0.2, 0) is 0 Å². The second kappa shape index (κ2) is 7.32. The van der Waals surface area contributed by atoms with Crippen LogP contribution in [0, 0.1) is 20.8 Å². The molecule has 3 nitrogen and oxygen atoms in total. The SMILES string of the molecule is CCOc1ccc(C(=O)N[C@H](C)c2cc(C)c(C)cc2C)cc1. The summed E-state index contributed by atoms with van der Waals surface area (Å²) in [6.07, 6.45) is 0. The Balaban J connectivity index is 2.11. The number of carbonyl (C=O) groups is 1. The van der Waals surface area contributed by atoms with E-state index in [0.717, 1.165) is 11.3 Å². The van der Waals surface area contributed by atoms with Crippen LogP contribution in [0.1, 0.15) is 52.5 Å². The predicted octanol–water partition coefficient (Wildman–Crippen LogP) is 4.50. The molecule has 0 aliphatic carbocycles. The number of benzene rings is 2. The van der Waals surface area contributed by atoms with Gasteiger partial charge in [0, 0.05) is 5.56 Å². The predicted molar refractivity (Wildman–Crippen MR) is 94.1 cm³/mol. The minimum absolute atomic E-state index is 0.0339. The molecule has 0 spiro atoms. The van der Waals surface area contributed by atoms with E-state index in [9.17, 15) is 4.79 Å². The smallest absolute Gasteiger partial charge is 0.251 e. The van der Waals surface area contributed by atoms with Crippen molar-refractivity contribution < 1.29 is 9.53 Å². The van der Waals surface area contributed by atoms with Gasteiger partial charge in [0.1, 0.15) is 5.75 Å². The molecule has 0 saturated heterocycles. The summed E-state index contributed by atoms with van der Waals surface area (Å²) in [5, 5.41) is 3.07. The molecule has 0 radical (unpaired) electrons. The molecule has 2 rings (SSSR count). The van der Waals surface area contributed by atoms with Crippen LogP contribution in [0.3, 0.4) is 0 Å². The molecule has 0 aliphatic heterocycles. The number of aryl methyl sites for hydroxylation is 3. The molecule has 1 atom stereocenters. The molecule has 3 heteroatoms. The van der Waals surface area contributed by atoms with Crippen molar-refractivity contribution in [2.75, 3.05) is 6.61 Å². The van der Waals surface area contributed by atoms with Crippen molar-refractivity contribution in [3.63, 3.8) is 0 Å². The Morgan fingerprint density at radius 1 is 1.04 bits per heavy atom. The normalized spacial score (nSPS) is 11.9. The van der Waals surface area contributed by atoms with Crippen molar-refractivity contribution in [1.29, 1.82) is 0 Å².